The fourth-order valence-corrected chi connectivity index (χ4v) is 2.20. The van der Waals surface area contributed by atoms with Crippen molar-refractivity contribution in [2.24, 2.45) is 0 Å². The highest BCUT2D eigenvalue weighted by Crippen LogP contribution is 2.35. The normalized spacial score (nSPS) is 12.7. The lowest BCUT2D eigenvalue weighted by atomic mass is 9.88. The van der Waals surface area contributed by atoms with Crippen LogP contribution in [0.4, 0.5) is 0 Å². The second-order valence-electron chi connectivity index (χ2n) is 7.21. The molecule has 0 bridgehead atoms. The topological polar surface area (TPSA) is 38.0 Å². The number of benzene rings is 1. The van der Waals surface area contributed by atoms with E-state index in [2.05, 4.69) is 57.4 Å². The number of phenols is 1. The van der Waals surface area contributed by atoms with Crippen molar-refractivity contribution in [2.75, 3.05) is 0 Å². The maximum absolute atomic E-state index is 9.48. The Morgan fingerprint density at radius 1 is 1.00 bits per heavy atom. The zero-order valence-electron chi connectivity index (χ0n) is 13.2. The van der Waals surface area contributed by atoms with Crippen LogP contribution in [0, 0.1) is 6.33 Å². The number of imidazole rings is 1. The van der Waals surface area contributed by atoms with Crippen molar-refractivity contribution in [3.8, 4) is 17.0 Å². The molecule has 0 atom stereocenters. The lowest BCUT2D eigenvalue weighted by molar-refractivity contribution is 0.397. The quantitative estimate of drug-likeness (QED) is 0.847. The summed E-state index contributed by atoms with van der Waals surface area (Å²) in [5.41, 5.74) is 3.00. The third-order valence-electron chi connectivity index (χ3n) is 3.23. The lowest BCUT2D eigenvalue weighted by Crippen LogP contribution is -2.23. The van der Waals surface area contributed by atoms with Crippen LogP contribution in [0.15, 0.2) is 24.3 Å². The van der Waals surface area contributed by atoms with Gasteiger partial charge in [-0.1, -0.05) is 20.8 Å². The maximum atomic E-state index is 9.48. The summed E-state index contributed by atoms with van der Waals surface area (Å²) >= 11 is 0. The van der Waals surface area contributed by atoms with Crippen molar-refractivity contribution in [2.45, 2.75) is 52.5 Å². The van der Waals surface area contributed by atoms with Gasteiger partial charge in [-0.05, 0) is 45.0 Å². The van der Waals surface area contributed by atoms with Crippen LogP contribution in [0.5, 0.6) is 5.75 Å². The van der Waals surface area contributed by atoms with E-state index in [9.17, 15) is 5.11 Å². The van der Waals surface area contributed by atoms with Gasteiger partial charge in [0, 0.05) is 16.5 Å². The number of rotatable bonds is 1. The zero-order valence-corrected chi connectivity index (χ0v) is 13.2. The first-order valence-electron chi connectivity index (χ1n) is 6.91. The van der Waals surface area contributed by atoms with Gasteiger partial charge >= 0.3 is 0 Å². The molecule has 3 nitrogen and oxygen atoms in total. The molecule has 0 fully saturated rings. The van der Waals surface area contributed by atoms with Crippen molar-refractivity contribution >= 4 is 0 Å². The van der Waals surface area contributed by atoms with Crippen LogP contribution in [-0.4, -0.2) is 14.7 Å². The minimum absolute atomic E-state index is 0.0553. The fourth-order valence-electron chi connectivity index (χ4n) is 2.20. The Morgan fingerprint density at radius 2 is 1.55 bits per heavy atom. The molecule has 0 aliphatic rings. The van der Waals surface area contributed by atoms with Gasteiger partial charge in [0.2, 0.25) is 0 Å². The van der Waals surface area contributed by atoms with E-state index < -0.39 is 0 Å². The molecular formula is C17H23N2O. The highest BCUT2D eigenvalue weighted by Gasteiger charge is 2.28. The maximum Gasteiger partial charge on any atom is 0.177 e. The summed E-state index contributed by atoms with van der Waals surface area (Å²) in [7, 11) is 0. The second kappa shape index (κ2) is 4.65. The summed E-state index contributed by atoms with van der Waals surface area (Å²) in [6.45, 7) is 12.9. The van der Waals surface area contributed by atoms with E-state index in [1.165, 1.54) is 0 Å². The summed E-state index contributed by atoms with van der Waals surface area (Å²) in [6, 6.07) is 7.28. The Bertz CT molecular complexity index is 564. The average molecular weight is 271 g/mol. The highest BCUT2D eigenvalue weighted by molar-refractivity contribution is 5.65. The van der Waals surface area contributed by atoms with Crippen molar-refractivity contribution in [3.63, 3.8) is 0 Å². The smallest absolute Gasteiger partial charge is 0.177 e. The van der Waals surface area contributed by atoms with Gasteiger partial charge in [0.15, 0.2) is 6.33 Å². The minimum Gasteiger partial charge on any atom is -0.508 e. The van der Waals surface area contributed by atoms with E-state index in [0.29, 0.717) is 0 Å². The molecule has 1 aromatic carbocycles. The lowest BCUT2D eigenvalue weighted by Gasteiger charge is -2.26. The summed E-state index contributed by atoms with van der Waals surface area (Å²) in [5, 5.41) is 9.48. The Balaban J connectivity index is 2.70. The Labute approximate surface area is 121 Å². The van der Waals surface area contributed by atoms with Gasteiger partial charge in [-0.15, -0.1) is 0 Å². The monoisotopic (exact) mass is 271 g/mol. The van der Waals surface area contributed by atoms with Crippen LogP contribution in [0.1, 0.15) is 47.2 Å². The van der Waals surface area contributed by atoms with Gasteiger partial charge in [0.05, 0.1) is 11.4 Å². The predicted octanol–water partition coefficient (Wildman–Crippen LogP) is 4.11. The zero-order chi connectivity index (χ0) is 15.1. The first-order valence-corrected chi connectivity index (χ1v) is 6.91. The molecule has 2 aromatic rings. The molecule has 1 N–H and O–H groups in total. The predicted molar refractivity (Wildman–Crippen MR) is 81.9 cm³/mol. The molecule has 0 saturated carbocycles. The third kappa shape index (κ3) is 2.72. The molecule has 0 saturated heterocycles. The number of hydrogen-bond acceptors (Lipinski definition) is 2. The van der Waals surface area contributed by atoms with Crippen molar-refractivity contribution in [1.82, 2.24) is 9.55 Å². The van der Waals surface area contributed by atoms with E-state index in [0.717, 1.165) is 17.0 Å². The number of aromatic nitrogens is 2. The van der Waals surface area contributed by atoms with Gasteiger partial charge in [0.25, 0.3) is 0 Å². The standard InChI is InChI=1S/C17H23N2O/c1-16(2,3)15-14(12-7-9-13(20)10-8-12)19(11-18-15)17(4,5)6/h7-10,20H,1-6H3. The third-order valence-corrected chi connectivity index (χ3v) is 3.23. The van der Waals surface area contributed by atoms with Crippen LogP contribution < -0.4 is 0 Å². The van der Waals surface area contributed by atoms with E-state index in [1.54, 1.807) is 12.1 Å². The Kier molecular flexibility index (Phi) is 3.41. The van der Waals surface area contributed by atoms with Crippen LogP contribution in [-0.2, 0) is 11.0 Å². The largest absolute Gasteiger partial charge is 0.508 e. The molecule has 1 aromatic heterocycles. The van der Waals surface area contributed by atoms with Crippen LogP contribution in [0.2, 0.25) is 0 Å². The summed E-state index contributed by atoms with van der Waals surface area (Å²) in [5.74, 6) is 0.275. The SMILES string of the molecule is CC(C)(C)c1n[c]n(C(C)(C)C)c1-c1ccc(O)cc1. The molecule has 3 heteroatoms. The molecule has 2 rings (SSSR count). The molecule has 107 valence electrons. The minimum atomic E-state index is -0.0935. The number of aromatic hydroxyl groups is 1. The second-order valence-corrected chi connectivity index (χ2v) is 7.21. The molecule has 0 aliphatic carbocycles. The van der Waals surface area contributed by atoms with Gasteiger partial charge in [-0.3, -0.25) is 0 Å². The van der Waals surface area contributed by atoms with E-state index in [4.69, 9.17) is 0 Å². The molecule has 1 heterocycles. The van der Waals surface area contributed by atoms with Gasteiger partial charge in [-0.25, -0.2) is 4.98 Å². The molecule has 0 unspecified atom stereocenters. The van der Waals surface area contributed by atoms with E-state index >= 15 is 0 Å². The van der Waals surface area contributed by atoms with Gasteiger partial charge < -0.3 is 9.67 Å². The van der Waals surface area contributed by atoms with Crippen molar-refractivity contribution in [3.05, 3.63) is 36.3 Å². The van der Waals surface area contributed by atoms with E-state index in [1.807, 2.05) is 12.1 Å². The van der Waals surface area contributed by atoms with Crippen LogP contribution >= 0.6 is 0 Å². The molecule has 0 amide bonds. The Morgan fingerprint density at radius 3 is 2.00 bits per heavy atom. The molecule has 1 radical (unpaired) electrons. The number of nitrogens with zero attached hydrogens (tertiary/aromatic N) is 2. The van der Waals surface area contributed by atoms with Crippen molar-refractivity contribution in [1.29, 1.82) is 0 Å². The highest BCUT2D eigenvalue weighted by atomic mass is 16.3. The first-order chi connectivity index (χ1) is 9.10. The van der Waals surface area contributed by atoms with Gasteiger partial charge in [0.1, 0.15) is 5.75 Å². The van der Waals surface area contributed by atoms with E-state index in [-0.39, 0.29) is 16.7 Å². The molecule has 20 heavy (non-hydrogen) atoms. The number of phenolic OH excluding ortho intramolecular Hbond substituents is 1. The van der Waals surface area contributed by atoms with Crippen LogP contribution in [0.3, 0.4) is 0 Å². The Hall–Kier alpha value is -1.77. The van der Waals surface area contributed by atoms with Gasteiger partial charge in [-0.2, -0.15) is 0 Å². The van der Waals surface area contributed by atoms with Crippen LogP contribution in [0.25, 0.3) is 11.3 Å². The average Bonchev–Trinajstić information content (AvgIpc) is 2.73. The van der Waals surface area contributed by atoms with Crippen molar-refractivity contribution < 1.29 is 5.11 Å². The molecule has 0 aliphatic heterocycles. The molecular weight excluding hydrogens is 248 g/mol. The fraction of sp³-hybridized carbons (Fsp3) is 0.471. The molecule has 0 spiro atoms. The summed E-state index contributed by atoms with van der Waals surface area (Å²) < 4.78 is 2.08. The summed E-state index contributed by atoms with van der Waals surface area (Å²) in [4.78, 5) is 4.53. The number of hydrogen-bond donors (Lipinski definition) is 1. The first kappa shape index (κ1) is 14.6. The summed E-state index contributed by atoms with van der Waals surface area (Å²) in [6.07, 6.45) is 3.14.